The topological polar surface area (TPSA) is 54.9 Å². The molecule has 1 atom stereocenters. The first-order valence-electron chi connectivity index (χ1n) is 8.88. The third-order valence-electron chi connectivity index (χ3n) is 4.22. The lowest BCUT2D eigenvalue weighted by atomic mass is 10.0. The van der Waals surface area contributed by atoms with Crippen molar-refractivity contribution in [3.63, 3.8) is 0 Å². The van der Waals surface area contributed by atoms with Gasteiger partial charge in [0.2, 0.25) is 0 Å². The molecule has 0 aromatic heterocycles. The second-order valence-corrected chi connectivity index (χ2v) is 6.09. The number of hydrogen-bond acceptors (Lipinski definition) is 3. The van der Waals surface area contributed by atoms with Crippen molar-refractivity contribution >= 4 is 5.96 Å². The monoisotopic (exact) mass is 355 g/mol. The molecule has 5 nitrogen and oxygen atoms in total. The predicted octanol–water partition coefficient (Wildman–Crippen LogP) is 3.45. The summed E-state index contributed by atoms with van der Waals surface area (Å²) in [6.45, 7) is 6.03. The molecular formula is C21H29N3O2. The highest BCUT2D eigenvalue weighted by Gasteiger charge is 2.09. The number of methoxy groups -OCH3 is 1. The van der Waals surface area contributed by atoms with Crippen LogP contribution in [0.1, 0.15) is 29.7 Å². The molecule has 5 heteroatoms. The van der Waals surface area contributed by atoms with Gasteiger partial charge in [-0.2, -0.15) is 0 Å². The van der Waals surface area contributed by atoms with Gasteiger partial charge in [-0.25, -0.2) is 0 Å². The van der Waals surface area contributed by atoms with Crippen LogP contribution in [-0.2, 0) is 11.3 Å². The van der Waals surface area contributed by atoms with Crippen LogP contribution in [0.4, 0.5) is 0 Å². The van der Waals surface area contributed by atoms with Crippen molar-refractivity contribution in [2.75, 3.05) is 27.3 Å². The van der Waals surface area contributed by atoms with Gasteiger partial charge in [-0.1, -0.05) is 42.5 Å². The normalized spacial score (nSPS) is 12.5. The summed E-state index contributed by atoms with van der Waals surface area (Å²) in [6.07, 6.45) is 0. The number of benzene rings is 2. The Morgan fingerprint density at radius 1 is 1.12 bits per heavy atom. The van der Waals surface area contributed by atoms with Crippen LogP contribution in [0.3, 0.4) is 0 Å². The quantitative estimate of drug-likeness (QED) is 0.433. The van der Waals surface area contributed by atoms with Crippen LogP contribution in [0.2, 0.25) is 0 Å². The number of aliphatic imine (C=N–C) groups is 1. The minimum absolute atomic E-state index is 0.178. The zero-order valence-corrected chi connectivity index (χ0v) is 16.1. The van der Waals surface area contributed by atoms with E-state index >= 15 is 0 Å². The van der Waals surface area contributed by atoms with E-state index in [1.807, 2.05) is 24.3 Å². The van der Waals surface area contributed by atoms with Gasteiger partial charge < -0.3 is 20.1 Å². The highest BCUT2D eigenvalue weighted by molar-refractivity contribution is 5.80. The Kier molecular flexibility index (Phi) is 7.96. The molecule has 0 aliphatic carbocycles. The standard InChI is InChI=1S/C21H29N3O2/c1-16-9-5-7-11-19(16)17(2)24-21(22-3)23-13-14-26-15-18-10-6-8-12-20(18)25-4/h5-12,17H,13-15H2,1-4H3,(H2,22,23,24). The van der Waals surface area contributed by atoms with Crippen molar-refractivity contribution in [1.29, 1.82) is 0 Å². The van der Waals surface area contributed by atoms with Crippen LogP contribution < -0.4 is 15.4 Å². The van der Waals surface area contributed by atoms with Crippen molar-refractivity contribution < 1.29 is 9.47 Å². The summed E-state index contributed by atoms with van der Waals surface area (Å²) in [4.78, 5) is 4.29. The molecule has 2 N–H and O–H groups in total. The SMILES string of the molecule is CN=C(NCCOCc1ccccc1OC)NC(C)c1ccccc1C. The molecule has 0 saturated heterocycles. The van der Waals surface area contributed by atoms with E-state index in [1.54, 1.807) is 14.2 Å². The smallest absolute Gasteiger partial charge is 0.191 e. The second kappa shape index (κ2) is 10.5. The van der Waals surface area contributed by atoms with Gasteiger partial charge in [0.05, 0.1) is 26.4 Å². The lowest BCUT2D eigenvalue weighted by Gasteiger charge is -2.20. The van der Waals surface area contributed by atoms with Gasteiger partial charge in [0.1, 0.15) is 5.75 Å². The molecular weight excluding hydrogens is 326 g/mol. The van der Waals surface area contributed by atoms with E-state index in [-0.39, 0.29) is 6.04 Å². The molecule has 2 aromatic carbocycles. The number of nitrogens with one attached hydrogen (secondary N) is 2. The van der Waals surface area contributed by atoms with Crippen LogP contribution in [0.5, 0.6) is 5.75 Å². The zero-order chi connectivity index (χ0) is 18.8. The van der Waals surface area contributed by atoms with Crippen molar-refractivity contribution in [2.24, 2.45) is 4.99 Å². The largest absolute Gasteiger partial charge is 0.496 e. The van der Waals surface area contributed by atoms with Crippen LogP contribution in [0.25, 0.3) is 0 Å². The highest BCUT2D eigenvalue weighted by atomic mass is 16.5. The molecule has 0 saturated carbocycles. The average molecular weight is 355 g/mol. The van der Waals surface area contributed by atoms with Gasteiger partial charge in [0, 0.05) is 19.2 Å². The first kappa shape index (κ1) is 19.8. The molecule has 1 unspecified atom stereocenters. The third-order valence-corrected chi connectivity index (χ3v) is 4.22. The summed E-state index contributed by atoms with van der Waals surface area (Å²) in [5.41, 5.74) is 3.58. The summed E-state index contributed by atoms with van der Waals surface area (Å²) in [7, 11) is 3.45. The van der Waals surface area contributed by atoms with E-state index in [0.29, 0.717) is 19.8 Å². The Morgan fingerprint density at radius 2 is 1.85 bits per heavy atom. The van der Waals surface area contributed by atoms with E-state index in [1.165, 1.54) is 11.1 Å². The Balaban J connectivity index is 1.74. The van der Waals surface area contributed by atoms with Crippen molar-refractivity contribution in [3.05, 3.63) is 65.2 Å². The molecule has 26 heavy (non-hydrogen) atoms. The molecule has 0 heterocycles. The van der Waals surface area contributed by atoms with Gasteiger partial charge in [-0.15, -0.1) is 0 Å². The molecule has 0 radical (unpaired) electrons. The molecule has 0 aliphatic heterocycles. The summed E-state index contributed by atoms with van der Waals surface area (Å²) in [6, 6.07) is 16.4. The number of rotatable bonds is 8. The maximum absolute atomic E-state index is 5.74. The minimum Gasteiger partial charge on any atom is -0.496 e. The third kappa shape index (κ3) is 5.77. The number of hydrogen-bond donors (Lipinski definition) is 2. The fourth-order valence-electron chi connectivity index (χ4n) is 2.80. The van der Waals surface area contributed by atoms with E-state index < -0.39 is 0 Å². The van der Waals surface area contributed by atoms with Crippen molar-refractivity contribution in [2.45, 2.75) is 26.5 Å². The molecule has 0 bridgehead atoms. The van der Waals surface area contributed by atoms with Crippen LogP contribution in [-0.4, -0.2) is 33.3 Å². The average Bonchev–Trinajstić information content (AvgIpc) is 2.67. The molecule has 2 rings (SSSR count). The zero-order valence-electron chi connectivity index (χ0n) is 16.1. The predicted molar refractivity (Wildman–Crippen MR) is 107 cm³/mol. The minimum atomic E-state index is 0.178. The van der Waals surface area contributed by atoms with Gasteiger partial charge in [0.15, 0.2) is 5.96 Å². The van der Waals surface area contributed by atoms with E-state index in [9.17, 15) is 0 Å². The lowest BCUT2D eigenvalue weighted by molar-refractivity contribution is 0.123. The number of nitrogens with zero attached hydrogens (tertiary/aromatic N) is 1. The van der Waals surface area contributed by atoms with E-state index in [4.69, 9.17) is 9.47 Å². The number of para-hydroxylation sites is 1. The molecule has 0 spiro atoms. The Bertz CT molecular complexity index is 716. The second-order valence-electron chi connectivity index (χ2n) is 6.09. The number of aryl methyl sites for hydroxylation is 1. The Hall–Kier alpha value is -2.53. The summed E-state index contributed by atoms with van der Waals surface area (Å²) in [5.74, 6) is 1.62. The number of guanidine groups is 1. The molecule has 2 aromatic rings. The molecule has 0 fully saturated rings. The molecule has 0 aliphatic rings. The fourth-order valence-corrected chi connectivity index (χ4v) is 2.80. The summed E-state index contributed by atoms with van der Waals surface area (Å²) >= 11 is 0. The first-order chi connectivity index (χ1) is 12.7. The van der Waals surface area contributed by atoms with Gasteiger partial charge >= 0.3 is 0 Å². The number of ether oxygens (including phenoxy) is 2. The lowest BCUT2D eigenvalue weighted by Crippen LogP contribution is -2.40. The van der Waals surface area contributed by atoms with Crippen molar-refractivity contribution in [3.8, 4) is 5.75 Å². The van der Waals surface area contributed by atoms with Crippen LogP contribution >= 0.6 is 0 Å². The Labute approximate surface area is 156 Å². The molecule has 0 amide bonds. The Morgan fingerprint density at radius 3 is 2.58 bits per heavy atom. The summed E-state index contributed by atoms with van der Waals surface area (Å²) in [5, 5.41) is 6.70. The first-order valence-corrected chi connectivity index (χ1v) is 8.88. The van der Waals surface area contributed by atoms with Gasteiger partial charge in [0.25, 0.3) is 0 Å². The fraction of sp³-hybridized carbons (Fsp3) is 0.381. The highest BCUT2D eigenvalue weighted by Crippen LogP contribution is 2.18. The van der Waals surface area contributed by atoms with Crippen LogP contribution in [0.15, 0.2) is 53.5 Å². The maximum atomic E-state index is 5.74. The maximum Gasteiger partial charge on any atom is 0.191 e. The molecule has 140 valence electrons. The van der Waals surface area contributed by atoms with Crippen LogP contribution in [0, 0.1) is 6.92 Å². The van der Waals surface area contributed by atoms with Gasteiger partial charge in [-0.3, -0.25) is 4.99 Å². The van der Waals surface area contributed by atoms with E-state index in [0.717, 1.165) is 17.3 Å². The van der Waals surface area contributed by atoms with E-state index in [2.05, 4.69) is 53.7 Å². The van der Waals surface area contributed by atoms with Crippen molar-refractivity contribution in [1.82, 2.24) is 10.6 Å². The van der Waals surface area contributed by atoms with Gasteiger partial charge in [-0.05, 0) is 31.0 Å². The summed E-state index contributed by atoms with van der Waals surface area (Å²) < 4.78 is 11.1.